The smallest absolute Gasteiger partial charge is 0.261 e. The summed E-state index contributed by atoms with van der Waals surface area (Å²) in [4.78, 5) is 0. The molecule has 0 amide bonds. The summed E-state index contributed by atoms with van der Waals surface area (Å²) < 4.78 is 6.86. The molecule has 1 aliphatic carbocycles. The molecule has 0 bridgehead atoms. The van der Waals surface area contributed by atoms with Crippen LogP contribution in [0.4, 0.5) is 0 Å². The van der Waals surface area contributed by atoms with Gasteiger partial charge in [-0.2, -0.15) is 0 Å². The summed E-state index contributed by atoms with van der Waals surface area (Å²) in [6.45, 7) is 8.95. The molecule has 0 aromatic heterocycles. The van der Waals surface area contributed by atoms with Crippen molar-refractivity contribution in [2.24, 2.45) is 5.73 Å². The molecule has 1 saturated carbocycles. The van der Waals surface area contributed by atoms with Crippen LogP contribution in [0.15, 0.2) is 60.7 Å². The molecule has 26 heavy (non-hydrogen) atoms. The molecule has 140 valence electrons. The van der Waals surface area contributed by atoms with Gasteiger partial charge >= 0.3 is 0 Å². The number of hydrogen-bond donors (Lipinski definition) is 2. The Bertz CT molecular complexity index is 700. The highest BCUT2D eigenvalue weighted by molar-refractivity contribution is 6.99. The van der Waals surface area contributed by atoms with Crippen LogP contribution in [0.1, 0.15) is 40.5 Å². The highest BCUT2D eigenvalue weighted by Gasteiger charge is 2.56. The molecule has 2 atom stereocenters. The molecule has 0 spiro atoms. The summed E-state index contributed by atoms with van der Waals surface area (Å²) in [5, 5.41) is 13.0. The highest BCUT2D eigenvalue weighted by Crippen LogP contribution is 2.43. The monoisotopic (exact) mass is 369 g/mol. The van der Waals surface area contributed by atoms with Crippen molar-refractivity contribution in [3.05, 3.63) is 60.7 Å². The predicted octanol–water partition coefficient (Wildman–Crippen LogP) is 2.81. The topological polar surface area (TPSA) is 55.5 Å². The predicted molar refractivity (Wildman–Crippen MR) is 110 cm³/mol. The van der Waals surface area contributed by atoms with Crippen LogP contribution in [-0.4, -0.2) is 31.2 Å². The van der Waals surface area contributed by atoms with Crippen molar-refractivity contribution in [3.8, 4) is 0 Å². The Kier molecular flexibility index (Phi) is 4.91. The lowest BCUT2D eigenvalue weighted by atomic mass is 9.65. The van der Waals surface area contributed by atoms with Gasteiger partial charge in [-0.05, 0) is 35.2 Å². The number of aliphatic hydroxyl groups is 1. The maximum absolute atomic E-state index is 10.6. The lowest BCUT2D eigenvalue weighted by Gasteiger charge is -2.54. The van der Waals surface area contributed by atoms with Crippen LogP contribution >= 0.6 is 0 Å². The minimum atomic E-state index is -2.60. The molecule has 0 saturated heterocycles. The van der Waals surface area contributed by atoms with E-state index in [-0.39, 0.29) is 5.04 Å². The Morgan fingerprint density at radius 2 is 1.42 bits per heavy atom. The molecule has 2 aromatic rings. The average molecular weight is 370 g/mol. The number of nitrogens with two attached hydrogens (primary N) is 1. The third kappa shape index (κ3) is 3.05. The maximum Gasteiger partial charge on any atom is 0.261 e. The lowest BCUT2D eigenvalue weighted by molar-refractivity contribution is -0.114. The fourth-order valence-electron chi connectivity index (χ4n) is 4.03. The van der Waals surface area contributed by atoms with Gasteiger partial charge in [-0.25, -0.2) is 0 Å². The second kappa shape index (κ2) is 6.61. The van der Waals surface area contributed by atoms with Gasteiger partial charge in [0.1, 0.15) is 0 Å². The molecular formula is C22H31NO2Si. The third-order valence-corrected chi connectivity index (χ3v) is 11.1. The Hall–Kier alpha value is -1.46. The number of benzene rings is 2. The molecule has 0 radical (unpaired) electrons. The Morgan fingerprint density at radius 3 is 1.73 bits per heavy atom. The summed E-state index contributed by atoms with van der Waals surface area (Å²) >= 11 is 0. The summed E-state index contributed by atoms with van der Waals surface area (Å²) in [6, 6.07) is 21.1. The molecule has 3 N–H and O–H groups in total. The van der Waals surface area contributed by atoms with Gasteiger partial charge in [0.25, 0.3) is 8.32 Å². The van der Waals surface area contributed by atoms with E-state index in [0.717, 1.165) is 12.8 Å². The van der Waals surface area contributed by atoms with Crippen LogP contribution in [-0.2, 0) is 4.43 Å². The SMILES string of the molecule is CC(C)(C)[Si](OC[C@@]1(N)CC[C@@]1(C)O)(c1ccccc1)c1ccccc1. The van der Waals surface area contributed by atoms with Crippen LogP contribution in [0.2, 0.25) is 5.04 Å². The summed E-state index contributed by atoms with van der Waals surface area (Å²) in [5.41, 5.74) is 4.99. The van der Waals surface area contributed by atoms with Crippen molar-refractivity contribution >= 4 is 18.7 Å². The number of rotatable bonds is 5. The van der Waals surface area contributed by atoms with Gasteiger partial charge in [-0.3, -0.25) is 0 Å². The minimum absolute atomic E-state index is 0.0817. The molecule has 0 aliphatic heterocycles. The Balaban J connectivity index is 2.09. The average Bonchev–Trinajstić information content (AvgIpc) is 2.62. The van der Waals surface area contributed by atoms with Crippen LogP contribution < -0.4 is 16.1 Å². The first-order chi connectivity index (χ1) is 12.1. The van der Waals surface area contributed by atoms with Gasteiger partial charge in [0.15, 0.2) is 0 Å². The molecule has 0 heterocycles. The zero-order valence-electron chi connectivity index (χ0n) is 16.3. The van der Waals surface area contributed by atoms with Crippen molar-refractivity contribution in [3.63, 3.8) is 0 Å². The first-order valence-corrected chi connectivity index (χ1v) is 11.3. The third-order valence-electron chi connectivity index (χ3n) is 6.09. The minimum Gasteiger partial charge on any atom is -0.405 e. The van der Waals surface area contributed by atoms with E-state index < -0.39 is 19.5 Å². The summed E-state index contributed by atoms with van der Waals surface area (Å²) in [7, 11) is -2.60. The molecule has 2 aromatic carbocycles. The second-order valence-corrected chi connectivity index (χ2v) is 13.2. The van der Waals surface area contributed by atoms with Gasteiger partial charge in [0.2, 0.25) is 0 Å². The van der Waals surface area contributed by atoms with Crippen molar-refractivity contribution in [1.82, 2.24) is 0 Å². The largest absolute Gasteiger partial charge is 0.405 e. The van der Waals surface area contributed by atoms with Gasteiger partial charge in [-0.15, -0.1) is 0 Å². The molecule has 1 aliphatic rings. The standard InChI is InChI=1S/C22H31NO2Si/c1-20(2,3)26(18-11-7-5-8-12-18,19-13-9-6-10-14-19)25-17-22(23)16-15-21(22,4)24/h5-14,24H,15-17,23H2,1-4H3/t21-,22+/m1/s1. The van der Waals surface area contributed by atoms with Crippen molar-refractivity contribution in [1.29, 1.82) is 0 Å². The first-order valence-electron chi connectivity index (χ1n) is 9.39. The zero-order chi connectivity index (χ0) is 19.1. The van der Waals surface area contributed by atoms with E-state index in [1.54, 1.807) is 0 Å². The fourth-order valence-corrected chi connectivity index (χ4v) is 8.66. The van der Waals surface area contributed by atoms with E-state index in [4.69, 9.17) is 10.2 Å². The van der Waals surface area contributed by atoms with Crippen molar-refractivity contribution < 1.29 is 9.53 Å². The van der Waals surface area contributed by atoms with E-state index in [1.165, 1.54) is 10.4 Å². The Labute approximate surface area is 158 Å². The van der Waals surface area contributed by atoms with Crippen molar-refractivity contribution in [2.45, 2.75) is 56.7 Å². The number of hydrogen-bond acceptors (Lipinski definition) is 3. The van der Waals surface area contributed by atoms with Gasteiger partial charge < -0.3 is 15.3 Å². The van der Waals surface area contributed by atoms with Crippen LogP contribution in [0.5, 0.6) is 0 Å². The highest BCUT2D eigenvalue weighted by atomic mass is 28.4. The van der Waals surface area contributed by atoms with Crippen LogP contribution in [0, 0.1) is 0 Å². The van der Waals surface area contributed by atoms with Crippen LogP contribution in [0.25, 0.3) is 0 Å². The molecular weight excluding hydrogens is 338 g/mol. The fraction of sp³-hybridized carbons (Fsp3) is 0.455. The van der Waals surface area contributed by atoms with E-state index in [2.05, 4.69) is 69.3 Å². The van der Waals surface area contributed by atoms with E-state index in [9.17, 15) is 5.11 Å². The first kappa shape index (κ1) is 19.3. The maximum atomic E-state index is 10.6. The van der Waals surface area contributed by atoms with Crippen molar-refractivity contribution in [2.75, 3.05) is 6.61 Å². The molecule has 1 fully saturated rings. The van der Waals surface area contributed by atoms with Crippen LogP contribution in [0.3, 0.4) is 0 Å². The van der Waals surface area contributed by atoms with E-state index in [0.29, 0.717) is 6.61 Å². The molecule has 3 rings (SSSR count). The molecule has 3 nitrogen and oxygen atoms in total. The zero-order valence-corrected chi connectivity index (χ0v) is 17.3. The van der Waals surface area contributed by atoms with E-state index in [1.807, 2.05) is 19.1 Å². The molecule has 4 heteroatoms. The molecule has 0 unspecified atom stereocenters. The summed E-state index contributed by atoms with van der Waals surface area (Å²) in [6.07, 6.45) is 1.52. The quantitative estimate of drug-likeness (QED) is 0.797. The van der Waals surface area contributed by atoms with Gasteiger partial charge in [0, 0.05) is 0 Å². The second-order valence-electron chi connectivity index (χ2n) is 8.88. The normalized spacial score (nSPS) is 26.4. The lowest BCUT2D eigenvalue weighted by Crippen LogP contribution is -2.73. The van der Waals surface area contributed by atoms with E-state index >= 15 is 0 Å². The summed E-state index contributed by atoms with van der Waals surface area (Å²) in [5.74, 6) is 0. The van der Waals surface area contributed by atoms with Gasteiger partial charge in [0.05, 0.1) is 17.7 Å². The van der Waals surface area contributed by atoms with Gasteiger partial charge in [-0.1, -0.05) is 81.4 Å². The Morgan fingerprint density at radius 1 is 0.962 bits per heavy atom.